The fourth-order valence-corrected chi connectivity index (χ4v) is 0. The molecule has 0 aromatic carbocycles. The zero-order valence-electron chi connectivity index (χ0n) is 7.47. The van der Waals surface area contributed by atoms with Gasteiger partial charge in [0.2, 0.25) is 0 Å². The first-order valence-electron chi connectivity index (χ1n) is 2.68. The molecule has 0 aromatic rings. The first-order valence-corrected chi connectivity index (χ1v) is 2.68. The van der Waals surface area contributed by atoms with Gasteiger partial charge in [-0.25, -0.2) is 0 Å². The molecule has 0 aliphatic rings. The lowest BCUT2D eigenvalue weighted by Crippen LogP contribution is -1.99. The molecule has 0 atom stereocenters. The van der Waals surface area contributed by atoms with Crippen LogP contribution in [-0.4, -0.2) is 60.5 Å². The van der Waals surface area contributed by atoms with Crippen molar-refractivity contribution in [3.63, 3.8) is 0 Å². The summed E-state index contributed by atoms with van der Waals surface area (Å²) in [4.78, 5) is 4.00. The first kappa shape index (κ1) is 22.5. The maximum atomic E-state index is 2.00. The molecule has 0 saturated carbocycles. The van der Waals surface area contributed by atoms with Crippen LogP contribution in [0.1, 0.15) is 7.43 Å². The van der Waals surface area contributed by atoms with Crippen molar-refractivity contribution in [3.8, 4) is 0 Å². The summed E-state index contributed by atoms with van der Waals surface area (Å²) in [5.41, 5.74) is 0. The Morgan fingerprint density at radius 1 is 0.600 bits per heavy atom. The highest BCUT2D eigenvalue weighted by atomic mass is 15.0. The third-order valence-electron chi connectivity index (χ3n) is 0. The maximum absolute atomic E-state index is 2.00. The molecule has 0 heterocycles. The van der Waals surface area contributed by atoms with E-state index in [-0.39, 0.29) is 15.8 Å². The van der Waals surface area contributed by atoms with E-state index >= 15 is 0 Å². The summed E-state index contributed by atoms with van der Waals surface area (Å²) >= 11 is 0. The van der Waals surface area contributed by atoms with Crippen LogP contribution in [0, 0.1) is 0 Å². The van der Waals surface area contributed by atoms with Gasteiger partial charge < -0.3 is 9.80 Å². The van der Waals surface area contributed by atoms with Gasteiger partial charge >= 0.3 is 0 Å². The van der Waals surface area contributed by atoms with Gasteiger partial charge in [-0.15, -0.1) is 0 Å². The van der Waals surface area contributed by atoms with Crippen LogP contribution in [0.4, 0.5) is 0 Å². The Labute approximate surface area is 68.8 Å². The van der Waals surface area contributed by atoms with Gasteiger partial charge in [-0.05, 0) is 42.3 Å². The molecule has 0 aliphatic heterocycles. The standard InChI is InChI=1S/2C3H9N.CH4.B/c2*1-4(2)3;;/h2*1-3H3;1H4;. The largest absolute Gasteiger partial charge is 0.312 e. The summed E-state index contributed by atoms with van der Waals surface area (Å²) in [7, 11) is 12.0. The van der Waals surface area contributed by atoms with E-state index in [1.165, 1.54) is 0 Å². The predicted octanol–water partition coefficient (Wildman–Crippen LogP) is 0.611. The van der Waals surface area contributed by atoms with Gasteiger partial charge in [-0.1, -0.05) is 7.43 Å². The van der Waals surface area contributed by atoms with Gasteiger partial charge in [0.25, 0.3) is 0 Å². The van der Waals surface area contributed by atoms with Gasteiger partial charge in [-0.3, -0.25) is 0 Å². The van der Waals surface area contributed by atoms with Gasteiger partial charge in [0, 0.05) is 8.41 Å². The minimum absolute atomic E-state index is 0. The Bertz CT molecular complexity index is 27.1. The highest BCUT2D eigenvalue weighted by Gasteiger charge is 1.58. The van der Waals surface area contributed by atoms with Crippen LogP contribution < -0.4 is 0 Å². The minimum atomic E-state index is 0. The summed E-state index contributed by atoms with van der Waals surface area (Å²) in [5.74, 6) is 0. The molecule has 0 bridgehead atoms. The molecule has 0 unspecified atom stereocenters. The van der Waals surface area contributed by atoms with Gasteiger partial charge in [-0.2, -0.15) is 0 Å². The highest BCUT2D eigenvalue weighted by Crippen LogP contribution is 1.48. The van der Waals surface area contributed by atoms with Crippen molar-refractivity contribution in [2.45, 2.75) is 7.43 Å². The molecule has 0 aliphatic carbocycles. The fourth-order valence-electron chi connectivity index (χ4n) is 0. The molecule has 63 valence electrons. The van der Waals surface area contributed by atoms with Crippen molar-refractivity contribution in [1.29, 1.82) is 0 Å². The van der Waals surface area contributed by atoms with E-state index in [1.54, 1.807) is 0 Å². The lowest BCUT2D eigenvalue weighted by atomic mass is 10.8. The zero-order chi connectivity index (χ0) is 7.15. The normalized spacial score (nSPS) is 7.20. The van der Waals surface area contributed by atoms with Crippen molar-refractivity contribution in [2.24, 2.45) is 0 Å². The first-order chi connectivity index (χ1) is 3.46. The van der Waals surface area contributed by atoms with Gasteiger partial charge in [0.1, 0.15) is 0 Å². The summed E-state index contributed by atoms with van der Waals surface area (Å²) in [6, 6.07) is 0. The van der Waals surface area contributed by atoms with Crippen LogP contribution in [0.3, 0.4) is 0 Å². The van der Waals surface area contributed by atoms with E-state index in [0.29, 0.717) is 0 Å². The number of hydrogen-bond donors (Lipinski definition) is 0. The quantitative estimate of drug-likeness (QED) is 0.461. The molecule has 0 N–H and O–H groups in total. The second kappa shape index (κ2) is 16.0. The smallest absolute Gasteiger partial charge is 0 e. The topological polar surface area (TPSA) is 6.48 Å². The third kappa shape index (κ3) is 1720000. The molecule has 0 rings (SSSR count). The fraction of sp³-hybridized carbons (Fsp3) is 1.00. The van der Waals surface area contributed by atoms with E-state index in [4.69, 9.17) is 0 Å². The minimum Gasteiger partial charge on any atom is -0.312 e. The van der Waals surface area contributed by atoms with Crippen molar-refractivity contribution in [3.05, 3.63) is 0 Å². The van der Waals surface area contributed by atoms with Crippen molar-refractivity contribution < 1.29 is 0 Å². The Morgan fingerprint density at radius 3 is 0.600 bits per heavy atom. The Hall–Kier alpha value is -0.0151. The van der Waals surface area contributed by atoms with E-state index in [9.17, 15) is 0 Å². The summed E-state index contributed by atoms with van der Waals surface area (Å²) in [6.07, 6.45) is 0. The summed E-state index contributed by atoms with van der Waals surface area (Å²) < 4.78 is 0. The average molecular weight is 145 g/mol. The molecular weight excluding hydrogens is 123 g/mol. The number of nitrogens with zero attached hydrogens (tertiary/aromatic N) is 2. The second-order valence-corrected chi connectivity index (χ2v) is 2.68. The van der Waals surface area contributed by atoms with Gasteiger partial charge in [0.05, 0.1) is 0 Å². The van der Waals surface area contributed by atoms with Crippen molar-refractivity contribution in [1.82, 2.24) is 9.80 Å². The van der Waals surface area contributed by atoms with Crippen LogP contribution in [-0.2, 0) is 0 Å². The molecule has 2 nitrogen and oxygen atoms in total. The molecule has 0 fully saturated rings. The van der Waals surface area contributed by atoms with E-state index in [0.717, 1.165) is 0 Å². The van der Waals surface area contributed by atoms with E-state index < -0.39 is 0 Å². The molecule has 0 amide bonds. The van der Waals surface area contributed by atoms with Crippen molar-refractivity contribution >= 4 is 8.41 Å². The molecule has 0 saturated heterocycles. The monoisotopic (exact) mass is 145 g/mol. The Morgan fingerprint density at radius 2 is 0.600 bits per heavy atom. The summed E-state index contributed by atoms with van der Waals surface area (Å²) in [5, 5.41) is 0. The maximum Gasteiger partial charge on any atom is 0 e. The van der Waals surface area contributed by atoms with Crippen molar-refractivity contribution in [2.75, 3.05) is 42.3 Å². The van der Waals surface area contributed by atoms with Crippen LogP contribution >= 0.6 is 0 Å². The van der Waals surface area contributed by atoms with Crippen LogP contribution in [0.25, 0.3) is 0 Å². The van der Waals surface area contributed by atoms with Crippen LogP contribution in [0.2, 0.25) is 0 Å². The van der Waals surface area contributed by atoms with E-state index in [2.05, 4.69) is 0 Å². The molecule has 0 spiro atoms. The Kier molecular flexibility index (Phi) is 36.0. The molecule has 0 aromatic heterocycles. The lowest BCUT2D eigenvalue weighted by molar-refractivity contribution is 0.505. The number of rotatable bonds is 0. The lowest BCUT2D eigenvalue weighted by Gasteiger charge is -1.90. The molecule has 10 heavy (non-hydrogen) atoms. The summed E-state index contributed by atoms with van der Waals surface area (Å²) in [6.45, 7) is 0. The van der Waals surface area contributed by atoms with Crippen LogP contribution in [0.5, 0.6) is 0 Å². The highest BCUT2D eigenvalue weighted by molar-refractivity contribution is 5.75. The predicted molar refractivity (Wildman–Crippen MR) is 51.7 cm³/mol. The third-order valence-corrected chi connectivity index (χ3v) is 0. The van der Waals surface area contributed by atoms with E-state index in [1.807, 2.05) is 52.1 Å². The molecular formula is C7H22BN2. The Balaban J connectivity index is -0.0000000300. The van der Waals surface area contributed by atoms with Gasteiger partial charge in [0.15, 0.2) is 0 Å². The molecule has 3 radical (unpaired) electrons. The average Bonchev–Trinajstić information content (AvgIpc) is 1.25. The number of hydrogen-bond acceptors (Lipinski definition) is 2. The zero-order valence-corrected chi connectivity index (χ0v) is 7.47. The molecule has 3 heteroatoms. The SMILES string of the molecule is C.CN(C)C.CN(C)C.[B]. The second-order valence-electron chi connectivity index (χ2n) is 2.68. The van der Waals surface area contributed by atoms with Crippen LogP contribution in [0.15, 0.2) is 0 Å².